The molecule has 1 atom stereocenters. The number of aromatic nitrogens is 3. The lowest BCUT2D eigenvalue weighted by atomic mass is 9.99. The van der Waals surface area contributed by atoms with E-state index in [9.17, 15) is 14.7 Å². The average Bonchev–Trinajstić information content (AvgIpc) is 3.12. The van der Waals surface area contributed by atoms with Gasteiger partial charge in [-0.1, -0.05) is 26.5 Å². The highest BCUT2D eigenvalue weighted by Gasteiger charge is 2.37. The minimum Gasteiger partial charge on any atom is -0.507 e. The number of piperazine rings is 1. The molecule has 2 aliphatic rings. The van der Waals surface area contributed by atoms with E-state index in [0.29, 0.717) is 24.5 Å². The highest BCUT2D eigenvalue weighted by atomic mass is 19.1. The summed E-state index contributed by atoms with van der Waals surface area (Å²) in [5.41, 5.74) is 0.807. The first-order valence-electron chi connectivity index (χ1n) is 13.7. The number of anilines is 1. The van der Waals surface area contributed by atoms with Crippen molar-refractivity contribution in [1.82, 2.24) is 19.4 Å². The van der Waals surface area contributed by atoms with E-state index in [4.69, 9.17) is 4.74 Å². The number of halogens is 2. The Morgan fingerprint density at radius 1 is 1.24 bits per heavy atom. The SMILES string of the molecule is C=CC(=O)N1CCN2c3nc(=O)n(-c4c(C)ccnc4C(C)C)c4cc(-c5c(O)cccc5F)c(F)c(c34)OC[C@H]2C1. The first kappa shape index (κ1) is 27.4. The van der Waals surface area contributed by atoms with E-state index in [2.05, 4.69) is 16.5 Å². The van der Waals surface area contributed by atoms with Gasteiger partial charge in [0.05, 0.1) is 33.9 Å². The first-order chi connectivity index (χ1) is 20.1. The largest absolute Gasteiger partial charge is 0.507 e. The number of amides is 1. The minimum absolute atomic E-state index is 0.0344. The van der Waals surface area contributed by atoms with Crippen molar-refractivity contribution in [1.29, 1.82) is 0 Å². The van der Waals surface area contributed by atoms with Crippen LogP contribution in [0.3, 0.4) is 0 Å². The Morgan fingerprint density at radius 3 is 2.74 bits per heavy atom. The van der Waals surface area contributed by atoms with Crippen LogP contribution in [0.2, 0.25) is 0 Å². The van der Waals surface area contributed by atoms with Gasteiger partial charge in [0.25, 0.3) is 0 Å². The molecule has 6 rings (SSSR count). The van der Waals surface area contributed by atoms with Crippen LogP contribution in [0.25, 0.3) is 27.7 Å². The number of ether oxygens (including phenoxy) is 1. The molecule has 42 heavy (non-hydrogen) atoms. The van der Waals surface area contributed by atoms with Gasteiger partial charge in [0.1, 0.15) is 24.0 Å². The molecule has 1 N–H and O–H groups in total. The fraction of sp³-hybridized carbons (Fsp3) is 0.290. The zero-order chi connectivity index (χ0) is 29.9. The molecule has 1 fully saturated rings. The number of fused-ring (bicyclic) bond motifs is 2. The molecule has 0 bridgehead atoms. The van der Waals surface area contributed by atoms with Crippen molar-refractivity contribution in [3.63, 3.8) is 0 Å². The maximum atomic E-state index is 16.5. The van der Waals surface area contributed by atoms with Crippen molar-refractivity contribution >= 4 is 22.6 Å². The topological polar surface area (TPSA) is 101 Å². The van der Waals surface area contributed by atoms with E-state index in [1.807, 2.05) is 25.7 Å². The molecule has 0 radical (unpaired) electrons. The molecule has 11 heteroatoms. The van der Waals surface area contributed by atoms with Crippen LogP contribution < -0.4 is 15.3 Å². The molecular formula is C31H29F2N5O4. The summed E-state index contributed by atoms with van der Waals surface area (Å²) in [5, 5.41) is 10.8. The molecule has 1 saturated heterocycles. The quantitative estimate of drug-likeness (QED) is 0.360. The van der Waals surface area contributed by atoms with Crippen molar-refractivity contribution in [2.75, 3.05) is 31.1 Å². The highest BCUT2D eigenvalue weighted by molar-refractivity contribution is 6.00. The number of carbonyl (C=O) groups is 1. The molecule has 0 spiro atoms. The Hall–Kier alpha value is -4.80. The summed E-state index contributed by atoms with van der Waals surface area (Å²) in [7, 11) is 0. The smallest absolute Gasteiger partial charge is 0.354 e. The van der Waals surface area contributed by atoms with E-state index >= 15 is 8.78 Å². The fourth-order valence-corrected chi connectivity index (χ4v) is 5.90. The molecule has 4 heterocycles. The number of pyridine rings is 1. The normalized spacial score (nSPS) is 16.3. The second-order valence-electron chi connectivity index (χ2n) is 10.8. The van der Waals surface area contributed by atoms with Crippen molar-refractivity contribution in [2.24, 2.45) is 0 Å². The third kappa shape index (κ3) is 4.18. The second-order valence-corrected chi connectivity index (χ2v) is 10.8. The molecule has 0 saturated carbocycles. The number of hydrogen-bond donors (Lipinski definition) is 1. The van der Waals surface area contributed by atoms with Crippen LogP contribution >= 0.6 is 0 Å². The van der Waals surface area contributed by atoms with Crippen molar-refractivity contribution in [3.8, 4) is 28.3 Å². The van der Waals surface area contributed by atoms with E-state index in [0.717, 1.165) is 11.6 Å². The third-order valence-corrected chi connectivity index (χ3v) is 7.90. The Balaban J connectivity index is 1.71. The van der Waals surface area contributed by atoms with Crippen molar-refractivity contribution in [2.45, 2.75) is 32.7 Å². The Bertz CT molecular complexity index is 1820. The number of phenolic OH excluding ortho intramolecular Hbond substituents is 1. The van der Waals surface area contributed by atoms with E-state index in [1.165, 1.54) is 28.8 Å². The van der Waals surface area contributed by atoms with Gasteiger partial charge < -0.3 is 19.6 Å². The summed E-state index contributed by atoms with van der Waals surface area (Å²) >= 11 is 0. The number of benzene rings is 2. The van der Waals surface area contributed by atoms with Gasteiger partial charge in [0, 0.05) is 31.4 Å². The van der Waals surface area contributed by atoms with Crippen LogP contribution in [0.4, 0.5) is 14.6 Å². The minimum atomic E-state index is -0.901. The standard InChI is InChI=1S/C31H29F2N5O4/c1-5-23(40)36-11-12-37-18(14-36)15-42-29-25-21(13-19(26(29)33)24-20(32)7-6-8-22(24)39)38(31(41)35-30(25)37)28-17(4)9-10-34-27(28)16(2)3/h5-10,13,16,18,39H,1,11-12,14-15H2,2-4H3/t18-/m1/s1. The first-order valence-corrected chi connectivity index (χ1v) is 13.7. The van der Waals surface area contributed by atoms with Crippen LogP contribution in [0.15, 0.2) is 54.0 Å². The zero-order valence-corrected chi connectivity index (χ0v) is 23.4. The predicted molar refractivity (Wildman–Crippen MR) is 154 cm³/mol. The summed E-state index contributed by atoms with van der Waals surface area (Å²) in [5.74, 6) is -2.54. The van der Waals surface area contributed by atoms with Crippen LogP contribution in [-0.4, -0.2) is 62.7 Å². The van der Waals surface area contributed by atoms with Crippen LogP contribution in [0.1, 0.15) is 31.0 Å². The predicted octanol–water partition coefficient (Wildman–Crippen LogP) is 4.46. The number of aryl methyl sites for hydroxylation is 1. The van der Waals surface area contributed by atoms with Gasteiger partial charge in [-0.05, 0) is 48.7 Å². The molecule has 0 unspecified atom stereocenters. The maximum Gasteiger partial charge on any atom is 0.354 e. The second kappa shape index (κ2) is 10.2. The lowest BCUT2D eigenvalue weighted by Crippen LogP contribution is -2.56. The number of hydrogen-bond acceptors (Lipinski definition) is 7. The highest BCUT2D eigenvalue weighted by Crippen LogP contribution is 2.45. The van der Waals surface area contributed by atoms with Crippen LogP contribution in [-0.2, 0) is 4.79 Å². The number of nitrogens with zero attached hydrogens (tertiary/aromatic N) is 5. The molecule has 9 nitrogen and oxygen atoms in total. The molecule has 2 aromatic carbocycles. The monoisotopic (exact) mass is 573 g/mol. The number of rotatable bonds is 4. The number of aromatic hydroxyl groups is 1. The summed E-state index contributed by atoms with van der Waals surface area (Å²) in [6.07, 6.45) is 2.89. The van der Waals surface area contributed by atoms with Gasteiger partial charge in [-0.2, -0.15) is 4.98 Å². The van der Waals surface area contributed by atoms with Gasteiger partial charge in [-0.15, -0.1) is 0 Å². The molecule has 2 aliphatic heterocycles. The summed E-state index contributed by atoms with van der Waals surface area (Å²) in [6.45, 7) is 10.2. The van der Waals surface area contributed by atoms with Gasteiger partial charge in [-0.25, -0.2) is 13.6 Å². The van der Waals surface area contributed by atoms with Gasteiger partial charge in [0.15, 0.2) is 11.6 Å². The zero-order valence-electron chi connectivity index (χ0n) is 23.4. The molecule has 1 amide bonds. The molecule has 216 valence electrons. The van der Waals surface area contributed by atoms with Crippen LogP contribution in [0.5, 0.6) is 11.5 Å². The van der Waals surface area contributed by atoms with Crippen molar-refractivity contribution < 1.29 is 23.4 Å². The fourth-order valence-electron chi connectivity index (χ4n) is 5.90. The third-order valence-electron chi connectivity index (χ3n) is 7.90. The average molecular weight is 574 g/mol. The molecule has 2 aromatic heterocycles. The lowest BCUT2D eigenvalue weighted by Gasteiger charge is -2.40. The maximum absolute atomic E-state index is 16.5. The molecule has 4 aromatic rings. The van der Waals surface area contributed by atoms with Gasteiger partial charge >= 0.3 is 5.69 Å². The summed E-state index contributed by atoms with van der Waals surface area (Å²) in [6, 6.07) is 6.38. The lowest BCUT2D eigenvalue weighted by molar-refractivity contribution is -0.126. The van der Waals surface area contributed by atoms with E-state index in [1.54, 1.807) is 17.2 Å². The van der Waals surface area contributed by atoms with Crippen molar-refractivity contribution in [3.05, 3.63) is 82.6 Å². The molecular weight excluding hydrogens is 544 g/mol. The Kier molecular flexibility index (Phi) is 6.67. The summed E-state index contributed by atoms with van der Waals surface area (Å²) < 4.78 is 39.1. The summed E-state index contributed by atoms with van der Waals surface area (Å²) in [4.78, 5) is 38.9. The van der Waals surface area contributed by atoms with Gasteiger partial charge in [-0.3, -0.25) is 14.3 Å². The number of carbonyl (C=O) groups excluding carboxylic acids is 1. The van der Waals surface area contributed by atoms with Crippen LogP contribution in [0, 0.1) is 18.6 Å². The Labute approximate surface area is 240 Å². The van der Waals surface area contributed by atoms with E-state index in [-0.39, 0.29) is 58.6 Å². The molecule has 0 aliphatic carbocycles. The van der Waals surface area contributed by atoms with Gasteiger partial charge in [0.2, 0.25) is 5.91 Å². The van der Waals surface area contributed by atoms with E-state index < -0.39 is 29.1 Å². The number of phenols is 1. The Morgan fingerprint density at radius 2 is 2.02 bits per heavy atom.